The van der Waals surface area contributed by atoms with Crippen molar-refractivity contribution in [2.24, 2.45) is 16.8 Å². The summed E-state index contributed by atoms with van der Waals surface area (Å²) < 4.78 is 78.0. The molecule has 2 heterocycles. The van der Waals surface area contributed by atoms with Gasteiger partial charge in [0.2, 0.25) is 18.0 Å². The number of halogens is 7. The first-order valence-corrected chi connectivity index (χ1v) is 12.7. The standard InChI is InChI=1S/C27H24ClF6N3O3/c1-13-10-14(2)12-15(11-13)20-18-4-3-5-19(28)21(18)36-23(38)22(35-20)37-24(39)16(6-8-26(29,30)31)17(25(37)40)7-9-27(32,33)34/h3-5,10-12,16-17,22H,6-9H2,1-2H3,(H,36,38)/t16-,17+,22-/m0/s1. The van der Waals surface area contributed by atoms with Crippen molar-refractivity contribution in [1.82, 2.24) is 4.90 Å². The predicted octanol–water partition coefficient (Wildman–Crippen LogP) is 6.36. The van der Waals surface area contributed by atoms with Gasteiger partial charge in [-0.1, -0.05) is 40.9 Å². The highest BCUT2D eigenvalue weighted by Crippen LogP contribution is 2.40. The van der Waals surface area contributed by atoms with Crippen molar-refractivity contribution < 1.29 is 40.7 Å². The van der Waals surface area contributed by atoms with Crippen LogP contribution in [0.1, 0.15) is 47.9 Å². The van der Waals surface area contributed by atoms with E-state index < -0.39 is 73.8 Å². The summed E-state index contributed by atoms with van der Waals surface area (Å²) in [6, 6.07) is 10.1. The minimum atomic E-state index is -4.71. The molecule has 2 aromatic carbocycles. The van der Waals surface area contributed by atoms with E-state index in [0.717, 1.165) is 11.1 Å². The molecule has 0 unspecified atom stereocenters. The number of nitrogens with zero attached hydrogens (tertiary/aromatic N) is 2. The third-order valence-corrected chi connectivity index (χ3v) is 7.13. The summed E-state index contributed by atoms with van der Waals surface area (Å²) in [6.45, 7) is 3.63. The molecule has 2 aliphatic heterocycles. The summed E-state index contributed by atoms with van der Waals surface area (Å²) in [5, 5.41) is 2.66. The first kappa shape index (κ1) is 29.6. The van der Waals surface area contributed by atoms with E-state index in [1.54, 1.807) is 24.3 Å². The number of anilines is 1. The Balaban J connectivity index is 1.82. The number of benzene rings is 2. The summed E-state index contributed by atoms with van der Waals surface area (Å²) in [7, 11) is 0. The SMILES string of the molecule is Cc1cc(C)cc(C2=N[C@@H](N3C(=O)[C@@H](CCC(F)(F)F)[C@@H](CCC(F)(F)F)C3=O)C(=O)Nc3c(Cl)cccc32)c1. The molecular formula is C27H24ClF6N3O3. The van der Waals surface area contributed by atoms with E-state index in [1.165, 1.54) is 6.07 Å². The van der Waals surface area contributed by atoms with Crippen LogP contribution >= 0.6 is 11.6 Å². The van der Waals surface area contributed by atoms with Gasteiger partial charge in [-0.3, -0.25) is 14.4 Å². The Labute approximate surface area is 230 Å². The van der Waals surface area contributed by atoms with Crippen LogP contribution < -0.4 is 5.32 Å². The van der Waals surface area contributed by atoms with Crippen LogP contribution in [0.15, 0.2) is 41.4 Å². The van der Waals surface area contributed by atoms with E-state index in [0.29, 0.717) is 16.0 Å². The molecule has 13 heteroatoms. The maximum absolute atomic E-state index is 13.4. The highest BCUT2D eigenvalue weighted by atomic mass is 35.5. The number of aryl methyl sites for hydroxylation is 2. The largest absolute Gasteiger partial charge is 0.389 e. The lowest BCUT2D eigenvalue weighted by Crippen LogP contribution is -2.46. The van der Waals surface area contributed by atoms with Gasteiger partial charge >= 0.3 is 12.4 Å². The van der Waals surface area contributed by atoms with E-state index >= 15 is 0 Å². The number of amides is 3. The van der Waals surface area contributed by atoms with Crippen molar-refractivity contribution in [1.29, 1.82) is 0 Å². The van der Waals surface area contributed by atoms with Crippen molar-refractivity contribution in [2.45, 2.75) is 58.0 Å². The van der Waals surface area contributed by atoms with Crippen LogP contribution in [0.5, 0.6) is 0 Å². The summed E-state index contributed by atoms with van der Waals surface area (Å²) in [5.74, 6) is -6.73. The molecule has 3 atom stereocenters. The first-order chi connectivity index (χ1) is 18.6. The number of benzodiazepines with no additional fused rings is 1. The first-order valence-electron chi connectivity index (χ1n) is 12.3. The van der Waals surface area contributed by atoms with E-state index in [-0.39, 0.29) is 16.4 Å². The Hall–Kier alpha value is -3.41. The van der Waals surface area contributed by atoms with Crippen LogP contribution in [-0.4, -0.2) is 46.9 Å². The van der Waals surface area contributed by atoms with Crippen molar-refractivity contribution in [3.8, 4) is 0 Å². The number of rotatable bonds is 6. The number of para-hydroxylation sites is 1. The maximum atomic E-state index is 13.4. The molecule has 2 aliphatic rings. The highest BCUT2D eigenvalue weighted by molar-refractivity contribution is 6.36. The number of aliphatic imine (C=N–C) groups is 1. The number of fused-ring (bicyclic) bond motifs is 1. The van der Waals surface area contributed by atoms with Gasteiger partial charge < -0.3 is 5.32 Å². The molecule has 0 bridgehead atoms. The number of carbonyl (C=O) groups is 3. The highest BCUT2D eigenvalue weighted by Gasteiger charge is 2.53. The van der Waals surface area contributed by atoms with Crippen molar-refractivity contribution in [3.63, 3.8) is 0 Å². The molecule has 0 spiro atoms. The smallest absolute Gasteiger partial charge is 0.321 e. The number of likely N-dealkylation sites (tertiary alicyclic amines) is 1. The van der Waals surface area contributed by atoms with Gasteiger partial charge in [-0.05, 0) is 44.9 Å². The van der Waals surface area contributed by atoms with Gasteiger partial charge in [-0.15, -0.1) is 0 Å². The molecule has 1 fully saturated rings. The second kappa shape index (κ2) is 10.9. The summed E-state index contributed by atoms with van der Waals surface area (Å²) in [6.07, 6.45) is -16.1. The zero-order valence-electron chi connectivity index (χ0n) is 21.3. The average Bonchev–Trinajstić information content (AvgIpc) is 2.95. The van der Waals surface area contributed by atoms with Gasteiger partial charge in [0.05, 0.1) is 28.3 Å². The van der Waals surface area contributed by atoms with Crippen LogP contribution in [-0.2, 0) is 14.4 Å². The Morgan fingerprint density at radius 2 is 1.40 bits per heavy atom. The van der Waals surface area contributed by atoms with Crippen LogP contribution in [0.4, 0.5) is 32.0 Å². The van der Waals surface area contributed by atoms with Crippen LogP contribution in [0, 0.1) is 25.7 Å². The zero-order valence-corrected chi connectivity index (χ0v) is 22.0. The summed E-state index contributed by atoms with van der Waals surface area (Å²) >= 11 is 6.34. The maximum Gasteiger partial charge on any atom is 0.389 e. The van der Waals surface area contributed by atoms with E-state index in [9.17, 15) is 40.7 Å². The second-order valence-corrected chi connectivity index (χ2v) is 10.4. The molecule has 4 rings (SSSR count). The number of alkyl halides is 6. The molecule has 1 saturated heterocycles. The minimum absolute atomic E-state index is 0.119. The number of nitrogens with one attached hydrogen (secondary N) is 1. The Morgan fingerprint density at radius 3 is 1.90 bits per heavy atom. The molecule has 0 saturated carbocycles. The summed E-state index contributed by atoms with van der Waals surface area (Å²) in [5.41, 5.74) is 2.82. The fourth-order valence-electron chi connectivity index (χ4n) is 5.14. The third-order valence-electron chi connectivity index (χ3n) is 6.82. The molecule has 0 radical (unpaired) electrons. The average molecular weight is 588 g/mol. The lowest BCUT2D eigenvalue weighted by Gasteiger charge is -2.22. The predicted molar refractivity (Wildman–Crippen MR) is 135 cm³/mol. The van der Waals surface area contributed by atoms with Gasteiger partial charge in [0.15, 0.2) is 0 Å². The molecule has 0 aliphatic carbocycles. The van der Waals surface area contributed by atoms with Crippen LogP contribution in [0.3, 0.4) is 0 Å². The van der Waals surface area contributed by atoms with Gasteiger partial charge in [0.1, 0.15) is 0 Å². The lowest BCUT2D eigenvalue weighted by atomic mass is 9.87. The van der Waals surface area contributed by atoms with Gasteiger partial charge in [0.25, 0.3) is 5.91 Å². The van der Waals surface area contributed by atoms with Crippen molar-refractivity contribution in [2.75, 3.05) is 5.32 Å². The molecule has 3 amide bonds. The molecule has 1 N–H and O–H groups in total. The van der Waals surface area contributed by atoms with E-state index in [2.05, 4.69) is 10.3 Å². The van der Waals surface area contributed by atoms with Crippen LogP contribution in [0.2, 0.25) is 5.02 Å². The monoisotopic (exact) mass is 587 g/mol. The molecule has 40 heavy (non-hydrogen) atoms. The molecule has 2 aromatic rings. The quantitative estimate of drug-likeness (QED) is 0.316. The van der Waals surface area contributed by atoms with Gasteiger partial charge in [-0.2, -0.15) is 26.3 Å². The fraction of sp³-hybridized carbons (Fsp3) is 0.407. The molecule has 0 aromatic heterocycles. The number of carbonyl (C=O) groups excluding carboxylic acids is 3. The topological polar surface area (TPSA) is 78.8 Å². The second-order valence-electron chi connectivity index (χ2n) is 9.95. The minimum Gasteiger partial charge on any atom is -0.321 e. The van der Waals surface area contributed by atoms with Gasteiger partial charge in [0, 0.05) is 24.0 Å². The molecular weight excluding hydrogens is 564 g/mol. The zero-order chi connectivity index (χ0) is 29.6. The van der Waals surface area contributed by atoms with E-state index in [4.69, 9.17) is 11.6 Å². The third kappa shape index (κ3) is 6.32. The number of hydrogen-bond donors (Lipinski definition) is 1. The Kier molecular flexibility index (Phi) is 8.04. The van der Waals surface area contributed by atoms with Crippen molar-refractivity contribution >= 4 is 40.7 Å². The summed E-state index contributed by atoms with van der Waals surface area (Å²) in [4.78, 5) is 45.0. The normalized spacial score (nSPS) is 21.7. The molecule has 214 valence electrons. The number of hydrogen-bond acceptors (Lipinski definition) is 4. The fourth-order valence-corrected chi connectivity index (χ4v) is 5.36. The Morgan fingerprint density at radius 1 is 0.875 bits per heavy atom. The number of imide groups is 1. The lowest BCUT2D eigenvalue weighted by molar-refractivity contribution is -0.147. The van der Waals surface area contributed by atoms with Gasteiger partial charge in [-0.25, -0.2) is 9.89 Å². The van der Waals surface area contributed by atoms with Crippen molar-refractivity contribution in [3.05, 3.63) is 63.7 Å². The van der Waals surface area contributed by atoms with Crippen LogP contribution in [0.25, 0.3) is 0 Å². The van der Waals surface area contributed by atoms with E-state index in [1.807, 2.05) is 19.9 Å². The molecule has 6 nitrogen and oxygen atoms in total. The Bertz CT molecular complexity index is 1330.